The number of nitrogens with zero attached hydrogens (tertiary/aromatic N) is 2. The number of hydrogen-bond donors (Lipinski definition) is 0. The Labute approximate surface area is 118 Å². The average molecular weight is 326 g/mol. The molecule has 1 aliphatic rings. The first-order chi connectivity index (χ1) is 9.41. The third-order valence-corrected chi connectivity index (χ3v) is 3.46. The van der Waals surface area contributed by atoms with E-state index < -0.39 is 30.0 Å². The van der Waals surface area contributed by atoms with Crippen LogP contribution < -0.4 is 5.69 Å². The lowest BCUT2D eigenvalue weighted by atomic mass is 10.1. The van der Waals surface area contributed by atoms with E-state index in [1.165, 1.54) is 12.3 Å². The molecular formula is C10H14F2N2O4P2. The van der Waals surface area contributed by atoms with E-state index in [0.717, 1.165) is 4.57 Å². The highest BCUT2D eigenvalue weighted by molar-refractivity contribution is 7.10. The quantitative estimate of drug-likeness (QED) is 0.775. The molecule has 10 heteroatoms. The van der Waals surface area contributed by atoms with Gasteiger partial charge >= 0.3 is 11.6 Å². The molecule has 2 heterocycles. The monoisotopic (exact) mass is 326 g/mol. The molecule has 3 unspecified atom stereocenters. The summed E-state index contributed by atoms with van der Waals surface area (Å²) in [6.45, 7) is 1.49. The smallest absolute Gasteiger partial charge is 0.350 e. The summed E-state index contributed by atoms with van der Waals surface area (Å²) in [7, 11) is 3.74. The Bertz CT molecular complexity index is 542. The predicted molar refractivity (Wildman–Crippen MR) is 72.3 cm³/mol. The molecule has 0 aliphatic carbocycles. The highest BCUT2D eigenvalue weighted by atomic mass is 31.0. The van der Waals surface area contributed by atoms with Crippen molar-refractivity contribution in [3.05, 3.63) is 28.4 Å². The molecule has 0 radical (unpaired) electrons. The number of alkyl halides is 2. The first kappa shape index (κ1) is 15.9. The zero-order valence-electron chi connectivity index (χ0n) is 10.5. The number of rotatable bonds is 4. The van der Waals surface area contributed by atoms with E-state index in [0.29, 0.717) is 5.69 Å². The van der Waals surface area contributed by atoms with Crippen LogP contribution in [-0.2, 0) is 13.8 Å². The van der Waals surface area contributed by atoms with E-state index in [1.54, 1.807) is 16.4 Å². The Morgan fingerprint density at radius 1 is 1.55 bits per heavy atom. The largest absolute Gasteiger partial charge is 0.363 e. The third kappa shape index (κ3) is 2.76. The van der Waals surface area contributed by atoms with Crippen molar-refractivity contribution in [1.29, 1.82) is 0 Å². The molecule has 0 spiro atoms. The normalized spacial score (nSPS) is 28.8. The SMILES string of the molecule is Cc1ccn(C2O[C@H](COP)[C@H](OP)C2(F)F)c(=O)n1. The lowest BCUT2D eigenvalue weighted by Gasteiger charge is -2.22. The second kappa shape index (κ2) is 6.08. The van der Waals surface area contributed by atoms with Gasteiger partial charge in [0.15, 0.2) is 6.10 Å². The summed E-state index contributed by atoms with van der Waals surface area (Å²) >= 11 is 0. The molecule has 1 fully saturated rings. The highest BCUT2D eigenvalue weighted by Gasteiger charge is 2.60. The fraction of sp³-hybridized carbons (Fsp3) is 0.600. The first-order valence-electron chi connectivity index (χ1n) is 5.68. The van der Waals surface area contributed by atoms with E-state index in [2.05, 4.69) is 4.98 Å². The molecule has 5 atom stereocenters. The summed E-state index contributed by atoms with van der Waals surface area (Å²) < 4.78 is 44.1. The molecule has 0 bridgehead atoms. The van der Waals surface area contributed by atoms with Gasteiger partial charge in [-0.15, -0.1) is 0 Å². The van der Waals surface area contributed by atoms with E-state index in [1.807, 2.05) is 9.47 Å². The van der Waals surface area contributed by atoms with Crippen LogP contribution in [0.5, 0.6) is 0 Å². The maximum Gasteiger partial charge on any atom is 0.350 e. The summed E-state index contributed by atoms with van der Waals surface area (Å²) in [6.07, 6.45) is -3.09. The number of halogens is 2. The van der Waals surface area contributed by atoms with Gasteiger partial charge in [0.05, 0.1) is 6.61 Å². The number of aryl methyl sites for hydroxylation is 1. The van der Waals surface area contributed by atoms with Crippen molar-refractivity contribution in [2.75, 3.05) is 6.61 Å². The second-order valence-corrected chi connectivity index (χ2v) is 4.96. The Morgan fingerprint density at radius 2 is 2.25 bits per heavy atom. The van der Waals surface area contributed by atoms with E-state index in [-0.39, 0.29) is 6.61 Å². The van der Waals surface area contributed by atoms with Crippen molar-refractivity contribution in [2.24, 2.45) is 0 Å². The van der Waals surface area contributed by atoms with Gasteiger partial charge in [0.25, 0.3) is 0 Å². The van der Waals surface area contributed by atoms with Crippen LogP contribution in [0.3, 0.4) is 0 Å². The molecule has 1 saturated heterocycles. The van der Waals surface area contributed by atoms with Gasteiger partial charge in [0.2, 0.25) is 6.23 Å². The Hall–Kier alpha value is -0.520. The maximum atomic E-state index is 14.3. The van der Waals surface area contributed by atoms with Crippen LogP contribution in [-0.4, -0.2) is 34.3 Å². The number of hydrogen-bond acceptors (Lipinski definition) is 5. The Morgan fingerprint density at radius 3 is 2.80 bits per heavy atom. The second-order valence-electron chi connectivity index (χ2n) is 4.35. The minimum Gasteiger partial charge on any atom is -0.363 e. The molecule has 0 aromatic carbocycles. The molecule has 0 N–H and O–H groups in total. The third-order valence-electron chi connectivity index (χ3n) is 2.98. The summed E-state index contributed by atoms with van der Waals surface area (Å²) in [5.41, 5.74) is -0.360. The summed E-state index contributed by atoms with van der Waals surface area (Å²) in [6, 6.07) is 1.46. The summed E-state index contributed by atoms with van der Waals surface area (Å²) in [4.78, 5) is 15.3. The molecule has 20 heavy (non-hydrogen) atoms. The molecule has 0 amide bonds. The molecule has 1 aliphatic heterocycles. The molecule has 0 saturated carbocycles. The van der Waals surface area contributed by atoms with Crippen molar-refractivity contribution >= 4 is 18.9 Å². The Balaban J connectivity index is 2.38. The van der Waals surface area contributed by atoms with Gasteiger partial charge in [-0.05, 0) is 13.0 Å². The lowest BCUT2D eigenvalue weighted by Crippen LogP contribution is -2.42. The van der Waals surface area contributed by atoms with Crippen molar-refractivity contribution in [3.8, 4) is 0 Å². The van der Waals surface area contributed by atoms with Crippen molar-refractivity contribution < 1.29 is 22.6 Å². The van der Waals surface area contributed by atoms with E-state index in [4.69, 9.17) is 13.8 Å². The molecule has 6 nitrogen and oxygen atoms in total. The van der Waals surface area contributed by atoms with Gasteiger partial charge in [-0.2, -0.15) is 13.8 Å². The summed E-state index contributed by atoms with van der Waals surface area (Å²) in [5.74, 6) is -3.39. The molecule has 112 valence electrons. The zero-order chi connectivity index (χ0) is 14.9. The standard InChI is InChI=1S/C10H14F2N2O4P2/c1-5-2-3-14(9(15)13-5)8-10(11,12)7(18-20)6(17-8)4-16-19/h2-3,6-8H,4,19-20H2,1H3/t6-,7+,8?/m1/s1. The number of aromatic nitrogens is 2. The zero-order valence-corrected chi connectivity index (χ0v) is 12.8. The molecule has 1 aromatic rings. The van der Waals surface area contributed by atoms with E-state index in [9.17, 15) is 13.6 Å². The fourth-order valence-corrected chi connectivity index (χ4v) is 2.59. The van der Waals surface area contributed by atoms with Gasteiger partial charge in [0, 0.05) is 30.8 Å². The van der Waals surface area contributed by atoms with Crippen molar-refractivity contribution in [1.82, 2.24) is 9.55 Å². The van der Waals surface area contributed by atoms with Gasteiger partial charge in [-0.1, -0.05) is 0 Å². The predicted octanol–water partition coefficient (Wildman–Crippen LogP) is 1.07. The van der Waals surface area contributed by atoms with Crippen LogP contribution in [0, 0.1) is 6.92 Å². The molecule has 1 aromatic heterocycles. The Kier molecular flexibility index (Phi) is 4.82. The van der Waals surface area contributed by atoms with Gasteiger partial charge in [-0.3, -0.25) is 4.57 Å². The first-order valence-corrected chi connectivity index (χ1v) is 6.62. The van der Waals surface area contributed by atoms with Gasteiger partial charge in [-0.25, -0.2) is 4.79 Å². The minimum atomic E-state index is -3.39. The van der Waals surface area contributed by atoms with Crippen LogP contribution in [0.2, 0.25) is 0 Å². The number of ether oxygens (including phenoxy) is 1. The lowest BCUT2D eigenvalue weighted by molar-refractivity contribution is -0.134. The molecular weight excluding hydrogens is 312 g/mol. The van der Waals surface area contributed by atoms with Gasteiger partial charge in [0.1, 0.15) is 6.10 Å². The van der Waals surface area contributed by atoms with Crippen LogP contribution in [0.4, 0.5) is 8.78 Å². The van der Waals surface area contributed by atoms with Crippen LogP contribution in [0.1, 0.15) is 11.9 Å². The fourth-order valence-electron chi connectivity index (χ4n) is 2.04. The van der Waals surface area contributed by atoms with Crippen molar-refractivity contribution in [3.63, 3.8) is 0 Å². The topological polar surface area (TPSA) is 62.6 Å². The summed E-state index contributed by atoms with van der Waals surface area (Å²) in [5, 5.41) is 0. The van der Waals surface area contributed by atoms with Crippen molar-refractivity contribution in [2.45, 2.75) is 31.3 Å². The average Bonchev–Trinajstić information content (AvgIpc) is 2.61. The van der Waals surface area contributed by atoms with Crippen LogP contribution >= 0.6 is 18.9 Å². The molecule has 2 rings (SSSR count). The minimum absolute atomic E-state index is 0.107. The van der Waals surface area contributed by atoms with Gasteiger partial charge < -0.3 is 13.8 Å². The van der Waals surface area contributed by atoms with Crippen LogP contribution in [0.25, 0.3) is 0 Å². The highest BCUT2D eigenvalue weighted by Crippen LogP contribution is 2.44. The maximum absolute atomic E-state index is 14.3. The van der Waals surface area contributed by atoms with Crippen LogP contribution in [0.15, 0.2) is 17.1 Å². The van der Waals surface area contributed by atoms with E-state index >= 15 is 0 Å².